The van der Waals surface area contributed by atoms with E-state index in [9.17, 15) is 9.59 Å². The van der Waals surface area contributed by atoms with Crippen molar-refractivity contribution < 1.29 is 18.8 Å². The van der Waals surface area contributed by atoms with Gasteiger partial charge in [0.1, 0.15) is 11.9 Å². The van der Waals surface area contributed by atoms with Crippen LogP contribution in [0.5, 0.6) is 5.75 Å². The predicted molar refractivity (Wildman–Crippen MR) is 118 cm³/mol. The molecule has 4 rings (SSSR count). The van der Waals surface area contributed by atoms with Crippen molar-refractivity contribution in [2.45, 2.75) is 26.4 Å². The molecule has 4 N–H and O–H groups in total. The van der Waals surface area contributed by atoms with Crippen LogP contribution in [0.3, 0.4) is 0 Å². The van der Waals surface area contributed by atoms with Crippen LogP contribution in [-0.2, 0) is 4.79 Å². The van der Waals surface area contributed by atoms with E-state index in [-0.39, 0.29) is 23.6 Å². The first-order valence-corrected chi connectivity index (χ1v) is 10.1. The molecule has 2 aromatic carbocycles. The third kappa shape index (κ3) is 4.40. The summed E-state index contributed by atoms with van der Waals surface area (Å²) in [6.45, 7) is 4.11. The van der Waals surface area contributed by atoms with Crippen LogP contribution in [0.25, 0.3) is 11.4 Å². The molecule has 1 fully saturated rings. The summed E-state index contributed by atoms with van der Waals surface area (Å²) in [5, 5.41) is 4.85. The Labute approximate surface area is 184 Å². The van der Waals surface area contributed by atoms with Gasteiger partial charge in [-0.3, -0.25) is 9.59 Å². The lowest BCUT2D eigenvalue weighted by Gasteiger charge is -2.20. The van der Waals surface area contributed by atoms with Crippen LogP contribution >= 0.6 is 0 Å². The zero-order chi connectivity index (χ0) is 22.8. The number of hydrazine groups is 1. The highest BCUT2D eigenvalue weighted by Crippen LogP contribution is 2.26. The van der Waals surface area contributed by atoms with E-state index in [1.165, 1.54) is 13.0 Å². The fourth-order valence-electron chi connectivity index (χ4n) is 3.56. The minimum Gasteiger partial charge on any atom is -0.489 e. The van der Waals surface area contributed by atoms with Gasteiger partial charge in [-0.2, -0.15) is 4.98 Å². The van der Waals surface area contributed by atoms with E-state index < -0.39 is 0 Å². The number of hydrogen-bond acceptors (Lipinski definition) is 8. The van der Waals surface area contributed by atoms with Crippen LogP contribution in [0.1, 0.15) is 29.6 Å². The summed E-state index contributed by atoms with van der Waals surface area (Å²) in [6.07, 6.45) is 0.595. The van der Waals surface area contributed by atoms with Crippen molar-refractivity contribution in [3.63, 3.8) is 0 Å². The maximum Gasteiger partial charge on any atom is 0.254 e. The number of carbonyl (C=O) groups is 2. The van der Waals surface area contributed by atoms with Crippen LogP contribution < -0.4 is 21.3 Å². The molecule has 2 amide bonds. The number of nitrogens with zero attached hydrogens (tertiary/aromatic N) is 4. The molecule has 1 aliphatic heterocycles. The summed E-state index contributed by atoms with van der Waals surface area (Å²) >= 11 is 0. The predicted octanol–water partition coefficient (Wildman–Crippen LogP) is 2.15. The van der Waals surface area contributed by atoms with E-state index >= 15 is 0 Å². The first kappa shape index (κ1) is 21.3. The van der Waals surface area contributed by atoms with Crippen LogP contribution in [-0.4, -0.2) is 46.0 Å². The smallest absolute Gasteiger partial charge is 0.254 e. The van der Waals surface area contributed by atoms with Gasteiger partial charge in [0.05, 0.1) is 17.9 Å². The Balaban J connectivity index is 1.37. The van der Waals surface area contributed by atoms with Gasteiger partial charge in [-0.05, 0) is 42.5 Å². The topological polar surface area (TPSA) is 141 Å². The van der Waals surface area contributed by atoms with Crippen LogP contribution in [0.4, 0.5) is 11.4 Å². The van der Waals surface area contributed by atoms with Gasteiger partial charge >= 0.3 is 0 Å². The normalized spacial score (nSPS) is 15.6. The molecule has 3 aromatic rings. The number of amides is 2. The van der Waals surface area contributed by atoms with Gasteiger partial charge in [-0.1, -0.05) is 5.16 Å². The Kier molecular flexibility index (Phi) is 5.78. The van der Waals surface area contributed by atoms with Crippen LogP contribution in [0.15, 0.2) is 47.0 Å². The SMILES string of the molecule is CC(=O)N(N)c1ccc(C(=O)N2CCC(Oc3ccc(-c4noc(C)n4)cc3)C2)cc1N. The summed E-state index contributed by atoms with van der Waals surface area (Å²) in [6, 6.07) is 12.1. The van der Waals surface area contributed by atoms with Gasteiger partial charge in [0.15, 0.2) is 0 Å². The number of aryl methyl sites for hydroxylation is 1. The second-order valence-electron chi connectivity index (χ2n) is 7.60. The average Bonchev–Trinajstić information content (AvgIpc) is 3.42. The molecule has 1 saturated heterocycles. The lowest BCUT2D eigenvalue weighted by molar-refractivity contribution is -0.116. The van der Waals surface area contributed by atoms with Crippen molar-refractivity contribution in [1.29, 1.82) is 0 Å². The number of anilines is 2. The number of benzene rings is 2. The number of nitrogen functional groups attached to an aromatic ring is 1. The third-order valence-electron chi connectivity index (χ3n) is 5.25. The minimum absolute atomic E-state index is 0.119. The third-order valence-corrected chi connectivity index (χ3v) is 5.25. The molecule has 2 heterocycles. The Hall–Kier alpha value is -3.92. The Morgan fingerprint density at radius 2 is 1.97 bits per heavy atom. The number of likely N-dealkylation sites (tertiary alicyclic amines) is 1. The van der Waals surface area contributed by atoms with E-state index in [2.05, 4.69) is 10.1 Å². The number of aromatic nitrogens is 2. The second kappa shape index (κ2) is 8.67. The average molecular weight is 436 g/mol. The van der Waals surface area contributed by atoms with Gasteiger partial charge in [0, 0.05) is 37.9 Å². The van der Waals surface area contributed by atoms with Crippen molar-refractivity contribution in [2.24, 2.45) is 5.84 Å². The zero-order valence-corrected chi connectivity index (χ0v) is 17.8. The Morgan fingerprint density at radius 3 is 2.59 bits per heavy atom. The fraction of sp³-hybridized carbons (Fsp3) is 0.273. The summed E-state index contributed by atoms with van der Waals surface area (Å²) in [5.41, 5.74) is 7.88. The molecule has 0 radical (unpaired) electrons. The summed E-state index contributed by atoms with van der Waals surface area (Å²) in [4.78, 5) is 30.3. The number of nitrogens with two attached hydrogens (primary N) is 2. The molecular formula is C22H24N6O4. The van der Waals surface area contributed by atoms with Crippen molar-refractivity contribution >= 4 is 23.2 Å². The van der Waals surface area contributed by atoms with Gasteiger partial charge in [-0.15, -0.1) is 0 Å². The largest absolute Gasteiger partial charge is 0.489 e. The molecular weight excluding hydrogens is 412 g/mol. The van der Waals surface area contributed by atoms with Crippen molar-refractivity contribution in [3.05, 3.63) is 53.9 Å². The molecule has 0 saturated carbocycles. The number of carbonyl (C=O) groups excluding carboxylic acids is 2. The van der Waals surface area contributed by atoms with E-state index in [0.29, 0.717) is 48.2 Å². The lowest BCUT2D eigenvalue weighted by atomic mass is 10.1. The maximum absolute atomic E-state index is 12.9. The minimum atomic E-state index is -0.351. The van der Waals surface area contributed by atoms with E-state index in [1.807, 2.05) is 24.3 Å². The number of ether oxygens (including phenoxy) is 1. The monoisotopic (exact) mass is 436 g/mol. The van der Waals surface area contributed by atoms with Gasteiger partial charge in [-0.25, -0.2) is 10.9 Å². The molecule has 10 heteroatoms. The Bertz CT molecular complexity index is 1140. The van der Waals surface area contributed by atoms with Gasteiger partial charge in [0.25, 0.3) is 5.91 Å². The maximum atomic E-state index is 12.9. The van der Waals surface area contributed by atoms with Crippen molar-refractivity contribution in [2.75, 3.05) is 23.8 Å². The molecule has 166 valence electrons. The van der Waals surface area contributed by atoms with E-state index in [4.69, 9.17) is 20.8 Å². The van der Waals surface area contributed by atoms with Crippen molar-refractivity contribution in [1.82, 2.24) is 15.0 Å². The van der Waals surface area contributed by atoms with Gasteiger partial charge in [0.2, 0.25) is 17.6 Å². The fourth-order valence-corrected chi connectivity index (χ4v) is 3.56. The summed E-state index contributed by atoms with van der Waals surface area (Å²) in [5.74, 6) is 6.94. The van der Waals surface area contributed by atoms with Crippen LogP contribution in [0, 0.1) is 6.92 Å². The van der Waals surface area contributed by atoms with Gasteiger partial charge < -0.3 is 19.9 Å². The molecule has 1 unspecified atom stereocenters. The molecule has 1 atom stereocenters. The number of hydrogen-bond donors (Lipinski definition) is 2. The molecule has 10 nitrogen and oxygen atoms in total. The van der Waals surface area contributed by atoms with Crippen molar-refractivity contribution in [3.8, 4) is 17.1 Å². The van der Waals surface area contributed by atoms with E-state index in [1.54, 1.807) is 24.0 Å². The Morgan fingerprint density at radius 1 is 1.22 bits per heavy atom. The molecule has 0 spiro atoms. The molecule has 1 aliphatic rings. The first-order chi connectivity index (χ1) is 15.3. The summed E-state index contributed by atoms with van der Waals surface area (Å²) < 4.78 is 11.0. The molecule has 1 aromatic heterocycles. The van der Waals surface area contributed by atoms with E-state index in [0.717, 1.165) is 10.6 Å². The number of rotatable bonds is 5. The lowest BCUT2D eigenvalue weighted by Crippen LogP contribution is -2.36. The highest BCUT2D eigenvalue weighted by molar-refractivity contribution is 5.99. The molecule has 32 heavy (non-hydrogen) atoms. The van der Waals surface area contributed by atoms with Crippen LogP contribution in [0.2, 0.25) is 0 Å². The quantitative estimate of drug-likeness (QED) is 0.268. The first-order valence-electron chi connectivity index (χ1n) is 10.1. The highest BCUT2D eigenvalue weighted by atomic mass is 16.5. The standard InChI is InChI=1S/C22H24N6O4/c1-13-25-21(26-32-13)15-3-6-17(7-4-15)31-18-9-10-27(12-18)22(30)16-5-8-20(19(23)11-16)28(24)14(2)29/h3-8,11,18H,9-10,12,23-24H2,1-2H3. The molecule has 0 aliphatic carbocycles. The summed E-state index contributed by atoms with van der Waals surface area (Å²) in [7, 11) is 0. The molecule has 0 bridgehead atoms. The second-order valence-corrected chi connectivity index (χ2v) is 7.60. The highest BCUT2D eigenvalue weighted by Gasteiger charge is 2.29. The zero-order valence-electron chi connectivity index (χ0n) is 17.8.